The van der Waals surface area contributed by atoms with Crippen LogP contribution in [0.15, 0.2) is 0 Å². The van der Waals surface area contributed by atoms with Crippen molar-refractivity contribution in [3.05, 3.63) is 0 Å². The number of likely N-dealkylation sites (tertiary alicyclic amines) is 1. The highest BCUT2D eigenvalue weighted by molar-refractivity contribution is 5.86. The average molecular weight is 298 g/mol. The number of carboxylic acids is 1. The van der Waals surface area contributed by atoms with Crippen molar-refractivity contribution in [3.63, 3.8) is 0 Å². The van der Waals surface area contributed by atoms with Crippen LogP contribution in [0.3, 0.4) is 0 Å². The van der Waals surface area contributed by atoms with E-state index in [1.807, 2.05) is 0 Å². The lowest BCUT2D eigenvalue weighted by Crippen LogP contribution is -2.60. The topological polar surface area (TPSA) is 78.9 Å². The Kier molecular flexibility index (Phi) is 5.45. The maximum Gasteiger partial charge on any atom is 0.329 e. The first-order valence-electron chi connectivity index (χ1n) is 7.95. The van der Waals surface area contributed by atoms with Crippen molar-refractivity contribution in [2.24, 2.45) is 5.92 Å². The molecule has 2 fully saturated rings. The molecule has 0 aliphatic carbocycles. The molecule has 0 aromatic carbocycles. The number of carbonyl (C=O) groups excluding carboxylic acids is 1. The number of amides is 2. The van der Waals surface area contributed by atoms with E-state index in [2.05, 4.69) is 12.2 Å². The number of ether oxygens (including phenoxy) is 1. The fourth-order valence-corrected chi connectivity index (χ4v) is 3.17. The zero-order chi connectivity index (χ0) is 15.3. The van der Waals surface area contributed by atoms with Gasteiger partial charge in [0.25, 0.3) is 0 Å². The van der Waals surface area contributed by atoms with Crippen molar-refractivity contribution in [3.8, 4) is 0 Å². The minimum absolute atomic E-state index is 0.240. The van der Waals surface area contributed by atoms with E-state index >= 15 is 0 Å². The second kappa shape index (κ2) is 7.11. The van der Waals surface area contributed by atoms with Gasteiger partial charge in [-0.15, -0.1) is 0 Å². The molecule has 2 saturated heterocycles. The standard InChI is InChI=1S/C15H26N2O4/c1-2-12-4-3-8-17(9-5-12)14(20)16-15(13(18)19)6-10-21-11-7-15/h12H,2-11H2,1H3,(H,16,20)(H,18,19). The summed E-state index contributed by atoms with van der Waals surface area (Å²) in [5, 5.41) is 12.3. The van der Waals surface area contributed by atoms with E-state index < -0.39 is 11.5 Å². The molecule has 1 atom stereocenters. The molecule has 0 saturated carbocycles. The van der Waals surface area contributed by atoms with Crippen molar-refractivity contribution in [2.75, 3.05) is 26.3 Å². The summed E-state index contributed by atoms with van der Waals surface area (Å²) >= 11 is 0. The molecule has 2 aliphatic heterocycles. The summed E-state index contributed by atoms with van der Waals surface area (Å²) in [4.78, 5) is 25.8. The van der Waals surface area contributed by atoms with E-state index in [4.69, 9.17) is 4.74 Å². The summed E-state index contributed by atoms with van der Waals surface area (Å²) < 4.78 is 5.22. The molecule has 6 heteroatoms. The molecule has 0 bridgehead atoms. The van der Waals surface area contributed by atoms with Crippen molar-refractivity contribution >= 4 is 12.0 Å². The van der Waals surface area contributed by atoms with Crippen LogP contribution in [0.25, 0.3) is 0 Å². The molecular weight excluding hydrogens is 272 g/mol. The maximum atomic E-state index is 12.4. The quantitative estimate of drug-likeness (QED) is 0.833. The van der Waals surface area contributed by atoms with Crippen molar-refractivity contribution in [1.29, 1.82) is 0 Å². The van der Waals surface area contributed by atoms with Gasteiger partial charge >= 0.3 is 12.0 Å². The number of carbonyl (C=O) groups is 2. The third kappa shape index (κ3) is 3.87. The Balaban J connectivity index is 1.97. The van der Waals surface area contributed by atoms with Gasteiger partial charge < -0.3 is 20.1 Å². The predicted octanol–water partition coefficient (Wildman–Crippen LogP) is 1.84. The SMILES string of the molecule is CCC1CCCN(C(=O)NC2(C(=O)O)CCOCC2)CC1. The Bertz CT molecular complexity index is 380. The van der Waals surface area contributed by atoms with E-state index in [1.54, 1.807) is 4.90 Å². The van der Waals surface area contributed by atoms with Crippen LogP contribution in [-0.2, 0) is 9.53 Å². The summed E-state index contributed by atoms with van der Waals surface area (Å²) in [6.07, 6.45) is 4.96. The number of urea groups is 1. The number of hydrogen-bond donors (Lipinski definition) is 2. The molecule has 120 valence electrons. The lowest BCUT2D eigenvalue weighted by Gasteiger charge is -2.35. The van der Waals surface area contributed by atoms with E-state index in [0.717, 1.165) is 32.2 Å². The first-order chi connectivity index (χ1) is 10.1. The Hall–Kier alpha value is -1.30. The van der Waals surface area contributed by atoms with Crippen molar-refractivity contribution < 1.29 is 19.4 Å². The molecule has 0 spiro atoms. The first kappa shape index (κ1) is 16.1. The lowest BCUT2D eigenvalue weighted by molar-refractivity contribution is -0.148. The lowest BCUT2D eigenvalue weighted by atomic mass is 9.90. The number of nitrogens with zero attached hydrogens (tertiary/aromatic N) is 1. The maximum absolute atomic E-state index is 12.4. The van der Waals surface area contributed by atoms with Gasteiger partial charge in [-0.05, 0) is 25.2 Å². The minimum Gasteiger partial charge on any atom is -0.480 e. The zero-order valence-corrected chi connectivity index (χ0v) is 12.8. The van der Waals surface area contributed by atoms with Gasteiger partial charge in [0, 0.05) is 39.1 Å². The van der Waals surface area contributed by atoms with Crippen LogP contribution in [0.2, 0.25) is 0 Å². The zero-order valence-electron chi connectivity index (χ0n) is 12.8. The molecular formula is C15H26N2O4. The molecule has 2 amide bonds. The van der Waals surface area contributed by atoms with Gasteiger partial charge in [-0.2, -0.15) is 0 Å². The normalized spacial score (nSPS) is 26.0. The number of nitrogens with one attached hydrogen (secondary N) is 1. The minimum atomic E-state index is -1.16. The Morgan fingerprint density at radius 3 is 2.62 bits per heavy atom. The monoisotopic (exact) mass is 298 g/mol. The molecule has 1 unspecified atom stereocenters. The summed E-state index contributed by atoms with van der Waals surface area (Å²) in [6, 6.07) is -0.240. The van der Waals surface area contributed by atoms with Crippen LogP contribution >= 0.6 is 0 Å². The Morgan fingerprint density at radius 1 is 1.29 bits per heavy atom. The highest BCUT2D eigenvalue weighted by Crippen LogP contribution is 2.23. The molecule has 21 heavy (non-hydrogen) atoms. The molecule has 0 radical (unpaired) electrons. The number of aliphatic carboxylic acids is 1. The third-order valence-electron chi connectivity index (χ3n) is 4.81. The van der Waals surface area contributed by atoms with Crippen LogP contribution in [-0.4, -0.2) is 53.8 Å². The van der Waals surface area contributed by atoms with Gasteiger partial charge in [0.15, 0.2) is 0 Å². The average Bonchev–Trinajstić information content (AvgIpc) is 2.73. The van der Waals surface area contributed by atoms with Gasteiger partial charge in [0.05, 0.1) is 0 Å². The molecule has 6 nitrogen and oxygen atoms in total. The summed E-state index contributed by atoms with van der Waals surface area (Å²) in [5.41, 5.74) is -1.16. The molecule has 0 aromatic heterocycles. The van der Waals surface area contributed by atoms with E-state index in [0.29, 0.717) is 38.5 Å². The Labute approximate surface area is 125 Å². The predicted molar refractivity (Wildman–Crippen MR) is 78.2 cm³/mol. The molecule has 2 N–H and O–H groups in total. The third-order valence-corrected chi connectivity index (χ3v) is 4.81. The largest absolute Gasteiger partial charge is 0.480 e. The number of rotatable bonds is 3. The van der Waals surface area contributed by atoms with Crippen LogP contribution in [0.1, 0.15) is 45.4 Å². The smallest absolute Gasteiger partial charge is 0.329 e. The molecule has 2 rings (SSSR count). The van der Waals surface area contributed by atoms with E-state index in [1.165, 1.54) is 0 Å². The first-order valence-corrected chi connectivity index (χ1v) is 7.95. The fraction of sp³-hybridized carbons (Fsp3) is 0.867. The number of carboxylic acid groups (broad SMARTS) is 1. The van der Waals surface area contributed by atoms with Crippen LogP contribution in [0.4, 0.5) is 4.79 Å². The summed E-state index contributed by atoms with van der Waals surface area (Å²) in [5.74, 6) is -0.278. The van der Waals surface area contributed by atoms with Gasteiger partial charge in [0.1, 0.15) is 5.54 Å². The van der Waals surface area contributed by atoms with Gasteiger partial charge in [-0.25, -0.2) is 9.59 Å². The second-order valence-corrected chi connectivity index (χ2v) is 6.12. The van der Waals surface area contributed by atoms with E-state index in [-0.39, 0.29) is 6.03 Å². The van der Waals surface area contributed by atoms with E-state index in [9.17, 15) is 14.7 Å². The van der Waals surface area contributed by atoms with Gasteiger partial charge in [-0.3, -0.25) is 0 Å². The van der Waals surface area contributed by atoms with Crippen molar-refractivity contribution in [1.82, 2.24) is 10.2 Å². The highest BCUT2D eigenvalue weighted by atomic mass is 16.5. The summed E-state index contributed by atoms with van der Waals surface area (Å²) in [7, 11) is 0. The van der Waals surface area contributed by atoms with Gasteiger partial charge in [-0.1, -0.05) is 13.3 Å². The highest BCUT2D eigenvalue weighted by Gasteiger charge is 2.42. The molecule has 2 heterocycles. The van der Waals surface area contributed by atoms with Crippen LogP contribution in [0.5, 0.6) is 0 Å². The fourth-order valence-electron chi connectivity index (χ4n) is 3.17. The Morgan fingerprint density at radius 2 is 2.00 bits per heavy atom. The van der Waals surface area contributed by atoms with Crippen LogP contribution < -0.4 is 5.32 Å². The molecule has 2 aliphatic rings. The second-order valence-electron chi connectivity index (χ2n) is 6.12. The van der Waals surface area contributed by atoms with Gasteiger partial charge in [0.2, 0.25) is 0 Å². The van der Waals surface area contributed by atoms with Crippen LogP contribution in [0, 0.1) is 5.92 Å². The summed E-state index contributed by atoms with van der Waals surface area (Å²) in [6.45, 7) is 4.38. The number of hydrogen-bond acceptors (Lipinski definition) is 3. The molecule has 0 aromatic rings. The van der Waals surface area contributed by atoms with Crippen molar-refractivity contribution in [2.45, 2.75) is 51.0 Å².